The molecule has 0 amide bonds. The van der Waals surface area contributed by atoms with Gasteiger partial charge in [0, 0.05) is 38.5 Å². The zero-order chi connectivity index (χ0) is 37.6. The maximum absolute atomic E-state index is 2.68. The van der Waals surface area contributed by atoms with Gasteiger partial charge >= 0.3 is 0 Å². The van der Waals surface area contributed by atoms with Gasteiger partial charge in [-0.3, -0.25) is 0 Å². The second-order valence-electron chi connectivity index (χ2n) is 18.5. The largest absolute Gasteiger partial charge is 0.308 e. The van der Waals surface area contributed by atoms with Crippen LogP contribution in [-0.4, -0.2) is 4.57 Å². The van der Waals surface area contributed by atoms with Crippen LogP contribution in [0.2, 0.25) is 0 Å². The maximum Gasteiger partial charge on any atom is 0.0782 e. The van der Waals surface area contributed by atoms with Gasteiger partial charge in [0.05, 0.1) is 22.4 Å². The molecule has 2 heteroatoms. The summed E-state index contributed by atoms with van der Waals surface area (Å²) in [6, 6.07) is 60.3. The smallest absolute Gasteiger partial charge is 0.0782 e. The molecule has 0 unspecified atom stereocenters. The van der Waals surface area contributed by atoms with Crippen molar-refractivity contribution in [1.29, 1.82) is 0 Å². The molecule has 57 heavy (non-hydrogen) atoms. The fraction of sp³-hybridized carbons (Fsp3) is 0.236. The Hall–Kier alpha value is -5.86. The van der Waals surface area contributed by atoms with Gasteiger partial charge in [-0.1, -0.05) is 129 Å². The summed E-state index contributed by atoms with van der Waals surface area (Å²) in [5, 5.41) is 2.55. The summed E-state index contributed by atoms with van der Waals surface area (Å²) < 4.78 is 2.51. The van der Waals surface area contributed by atoms with Gasteiger partial charge in [0.25, 0.3) is 0 Å². The number of hydrogen-bond donors (Lipinski definition) is 0. The number of rotatable bonds is 4. The van der Waals surface area contributed by atoms with E-state index in [2.05, 4.69) is 181 Å². The van der Waals surface area contributed by atoms with Gasteiger partial charge in [-0.25, -0.2) is 0 Å². The Balaban J connectivity index is 1.14. The molecule has 14 rings (SSSR count). The SMILES string of the molecule is CC1(C)c2ccccc2-c2c(N(c3ccc4c(c3)C3(c5ccccc5-4)C4CC5CC(C4)CC3C5)c3cccc4c5ccccc5n(-c5ccccc5)c34)cccc21. The Labute approximate surface area is 335 Å². The van der Waals surface area contributed by atoms with Crippen molar-refractivity contribution in [1.82, 2.24) is 4.57 Å². The summed E-state index contributed by atoms with van der Waals surface area (Å²) >= 11 is 0. The Kier molecular flexibility index (Phi) is 6.44. The van der Waals surface area contributed by atoms with Gasteiger partial charge in [0.15, 0.2) is 0 Å². The minimum atomic E-state index is -0.109. The quantitative estimate of drug-likeness (QED) is 0.175. The highest BCUT2D eigenvalue weighted by Gasteiger charge is 2.61. The number of fused-ring (bicyclic) bond motifs is 9. The second kappa shape index (κ2) is 11.4. The minimum absolute atomic E-state index is 0.0825. The summed E-state index contributed by atoms with van der Waals surface area (Å²) in [6.45, 7) is 4.81. The van der Waals surface area contributed by atoms with Crippen molar-refractivity contribution in [3.63, 3.8) is 0 Å². The van der Waals surface area contributed by atoms with Crippen molar-refractivity contribution in [3.05, 3.63) is 180 Å². The lowest BCUT2D eigenvalue weighted by atomic mass is 9.43. The number of hydrogen-bond acceptors (Lipinski definition) is 1. The average molecular weight is 735 g/mol. The number of para-hydroxylation sites is 3. The Bertz CT molecular complexity index is 2930. The molecule has 0 aliphatic heterocycles. The summed E-state index contributed by atoms with van der Waals surface area (Å²) in [4.78, 5) is 2.66. The first-order chi connectivity index (χ1) is 28.0. The van der Waals surface area contributed by atoms with Crippen LogP contribution in [-0.2, 0) is 10.8 Å². The molecule has 4 saturated carbocycles. The van der Waals surface area contributed by atoms with Crippen molar-refractivity contribution in [3.8, 4) is 27.9 Å². The lowest BCUT2D eigenvalue weighted by Gasteiger charge is -2.61. The third-order valence-electron chi connectivity index (χ3n) is 15.6. The lowest BCUT2D eigenvalue weighted by Crippen LogP contribution is -2.55. The molecule has 6 aliphatic rings. The van der Waals surface area contributed by atoms with Crippen LogP contribution >= 0.6 is 0 Å². The summed E-state index contributed by atoms with van der Waals surface area (Å²) in [6.07, 6.45) is 6.97. The number of benzene rings is 7. The molecular formula is C55H46N2. The molecule has 4 bridgehead atoms. The molecule has 0 saturated heterocycles. The van der Waals surface area contributed by atoms with Gasteiger partial charge in [-0.15, -0.1) is 0 Å². The van der Waals surface area contributed by atoms with Gasteiger partial charge in [0.2, 0.25) is 0 Å². The molecule has 8 aromatic rings. The van der Waals surface area contributed by atoms with Crippen LogP contribution in [0.25, 0.3) is 49.7 Å². The third kappa shape index (κ3) is 4.11. The molecule has 1 spiro atoms. The second-order valence-corrected chi connectivity index (χ2v) is 18.5. The van der Waals surface area contributed by atoms with Crippen molar-refractivity contribution in [2.75, 3.05) is 4.90 Å². The monoisotopic (exact) mass is 734 g/mol. The van der Waals surface area contributed by atoms with E-state index in [9.17, 15) is 0 Å². The van der Waals surface area contributed by atoms with E-state index in [1.807, 2.05) is 0 Å². The van der Waals surface area contributed by atoms with Crippen molar-refractivity contribution < 1.29 is 0 Å². The van der Waals surface area contributed by atoms with Crippen LogP contribution in [0.4, 0.5) is 17.1 Å². The van der Waals surface area contributed by atoms with Crippen LogP contribution in [0.1, 0.15) is 68.2 Å². The van der Waals surface area contributed by atoms with E-state index < -0.39 is 0 Å². The van der Waals surface area contributed by atoms with Gasteiger partial charge in [0.1, 0.15) is 0 Å². The fourth-order valence-corrected chi connectivity index (χ4v) is 13.6. The maximum atomic E-state index is 2.68. The fourth-order valence-electron chi connectivity index (χ4n) is 13.6. The highest BCUT2D eigenvalue weighted by atomic mass is 15.2. The highest BCUT2D eigenvalue weighted by Crippen LogP contribution is 2.70. The zero-order valence-electron chi connectivity index (χ0n) is 32.8. The number of nitrogens with zero attached hydrogens (tertiary/aromatic N) is 2. The van der Waals surface area contributed by atoms with E-state index in [1.54, 1.807) is 11.1 Å². The molecule has 276 valence electrons. The Morgan fingerprint density at radius 1 is 0.491 bits per heavy atom. The molecular weight excluding hydrogens is 689 g/mol. The van der Waals surface area contributed by atoms with E-state index >= 15 is 0 Å². The molecule has 1 heterocycles. The molecule has 7 aromatic carbocycles. The molecule has 0 atom stereocenters. The molecule has 0 radical (unpaired) electrons. The summed E-state index contributed by atoms with van der Waals surface area (Å²) in [7, 11) is 0. The lowest BCUT2D eigenvalue weighted by molar-refractivity contribution is -0.0399. The summed E-state index contributed by atoms with van der Waals surface area (Å²) in [5.74, 6) is 3.22. The number of aromatic nitrogens is 1. The van der Waals surface area contributed by atoms with Gasteiger partial charge < -0.3 is 9.47 Å². The van der Waals surface area contributed by atoms with E-state index in [0.717, 1.165) is 11.8 Å². The van der Waals surface area contributed by atoms with Crippen LogP contribution < -0.4 is 4.90 Å². The van der Waals surface area contributed by atoms with E-state index in [4.69, 9.17) is 0 Å². The average Bonchev–Trinajstić information content (AvgIpc) is 3.82. The van der Waals surface area contributed by atoms with Gasteiger partial charge in [-0.2, -0.15) is 0 Å². The van der Waals surface area contributed by atoms with E-state index in [1.165, 1.54) is 110 Å². The van der Waals surface area contributed by atoms with Crippen LogP contribution in [0.15, 0.2) is 158 Å². The molecule has 6 aliphatic carbocycles. The van der Waals surface area contributed by atoms with Crippen LogP contribution in [0.3, 0.4) is 0 Å². The molecule has 1 aromatic heterocycles. The van der Waals surface area contributed by atoms with Crippen molar-refractivity contribution in [2.24, 2.45) is 23.7 Å². The third-order valence-corrected chi connectivity index (χ3v) is 15.6. The van der Waals surface area contributed by atoms with E-state index in [0.29, 0.717) is 11.8 Å². The standard InChI is InChI=1S/C55H46N2/c1-54(2)45-20-9-7-18-44(45)52-47(54)22-13-24-50(52)56(51-25-12-19-43-42-17-8-11-23-49(42)57(53(43)51)38-14-4-3-5-15-38)39-26-27-41-40-16-6-10-21-46(40)55(48(41)33-39)36-29-34-28-35(31-36)32-37(55)30-34/h3-27,33-37H,28-32H2,1-2H3. The minimum Gasteiger partial charge on any atom is -0.308 e. The highest BCUT2D eigenvalue weighted by molar-refractivity contribution is 6.15. The van der Waals surface area contributed by atoms with E-state index in [-0.39, 0.29) is 10.8 Å². The predicted molar refractivity (Wildman–Crippen MR) is 236 cm³/mol. The zero-order valence-corrected chi connectivity index (χ0v) is 32.8. The Morgan fingerprint density at radius 2 is 1.11 bits per heavy atom. The van der Waals surface area contributed by atoms with Gasteiger partial charge in [-0.05, 0) is 137 Å². The summed E-state index contributed by atoms with van der Waals surface area (Å²) in [5.41, 5.74) is 19.0. The van der Waals surface area contributed by atoms with Crippen LogP contribution in [0.5, 0.6) is 0 Å². The van der Waals surface area contributed by atoms with Crippen molar-refractivity contribution >= 4 is 38.9 Å². The normalized spacial score (nSPS) is 24.2. The van der Waals surface area contributed by atoms with Crippen LogP contribution in [0, 0.1) is 23.7 Å². The molecule has 4 fully saturated rings. The molecule has 2 nitrogen and oxygen atoms in total. The number of anilines is 3. The predicted octanol–water partition coefficient (Wildman–Crippen LogP) is 14.3. The first kappa shape index (κ1) is 32.2. The topological polar surface area (TPSA) is 8.17 Å². The first-order valence-electron chi connectivity index (χ1n) is 21.4. The molecule has 0 N–H and O–H groups in total. The first-order valence-corrected chi connectivity index (χ1v) is 21.4. The van der Waals surface area contributed by atoms with Crippen molar-refractivity contribution in [2.45, 2.75) is 56.8 Å². The Morgan fingerprint density at radius 3 is 1.91 bits per heavy atom.